The minimum absolute atomic E-state index is 0.0524. The summed E-state index contributed by atoms with van der Waals surface area (Å²) >= 11 is 0. The van der Waals surface area contributed by atoms with Crippen LogP contribution in [0.1, 0.15) is 29.5 Å². The molecule has 1 aliphatic rings. The molecule has 138 valence electrons. The third kappa shape index (κ3) is 5.16. The molecule has 2 N–H and O–H groups in total. The van der Waals surface area contributed by atoms with E-state index in [0.29, 0.717) is 19.0 Å². The zero-order chi connectivity index (χ0) is 18.4. The van der Waals surface area contributed by atoms with Crippen molar-refractivity contribution >= 4 is 11.5 Å². The number of anilines is 1. The van der Waals surface area contributed by atoms with Crippen LogP contribution in [0.25, 0.3) is 0 Å². The van der Waals surface area contributed by atoms with Gasteiger partial charge in [-0.3, -0.25) is 9.69 Å². The lowest BCUT2D eigenvalue weighted by atomic mass is 10.0. The predicted octanol–water partition coefficient (Wildman–Crippen LogP) is 3.18. The topological polar surface area (TPSA) is 52.6 Å². The molecule has 4 heteroatoms. The van der Waals surface area contributed by atoms with E-state index in [0.717, 1.165) is 48.3 Å². The first kappa shape index (κ1) is 18.6. The molecule has 1 aliphatic heterocycles. The van der Waals surface area contributed by atoms with Crippen LogP contribution in [0.3, 0.4) is 0 Å². The first-order valence-electron chi connectivity index (χ1n) is 9.39. The van der Waals surface area contributed by atoms with E-state index in [4.69, 9.17) is 0 Å². The van der Waals surface area contributed by atoms with Crippen molar-refractivity contribution in [3.05, 3.63) is 65.2 Å². The molecule has 2 aromatic rings. The van der Waals surface area contributed by atoms with Gasteiger partial charge in [0, 0.05) is 36.8 Å². The number of Topliss-reactive ketones (excluding diaryl/α,β-unsaturated/α-hetero) is 1. The van der Waals surface area contributed by atoms with Crippen LogP contribution >= 0.6 is 0 Å². The largest absolute Gasteiger partial charge is 0.392 e. The average Bonchev–Trinajstić information content (AvgIpc) is 2.65. The normalized spacial score (nSPS) is 15.8. The molecule has 1 heterocycles. The van der Waals surface area contributed by atoms with Gasteiger partial charge in [-0.15, -0.1) is 0 Å². The second-order valence-electron chi connectivity index (χ2n) is 7.21. The summed E-state index contributed by atoms with van der Waals surface area (Å²) in [4.78, 5) is 14.5. The molecule has 0 bridgehead atoms. The Morgan fingerprint density at radius 3 is 2.58 bits per heavy atom. The average molecular weight is 352 g/mol. The molecule has 0 unspecified atom stereocenters. The number of rotatable bonds is 7. The predicted molar refractivity (Wildman–Crippen MR) is 105 cm³/mol. The Balaban J connectivity index is 1.46. The van der Waals surface area contributed by atoms with E-state index in [1.54, 1.807) is 0 Å². The van der Waals surface area contributed by atoms with Gasteiger partial charge in [0.05, 0.1) is 13.2 Å². The first-order chi connectivity index (χ1) is 12.6. The van der Waals surface area contributed by atoms with Crippen molar-refractivity contribution in [2.24, 2.45) is 0 Å². The van der Waals surface area contributed by atoms with Crippen molar-refractivity contribution in [1.82, 2.24) is 4.90 Å². The van der Waals surface area contributed by atoms with Crippen LogP contribution in [-0.4, -0.2) is 41.5 Å². The summed E-state index contributed by atoms with van der Waals surface area (Å²) in [6.45, 7) is 4.48. The van der Waals surface area contributed by atoms with E-state index in [9.17, 15) is 9.90 Å². The van der Waals surface area contributed by atoms with Gasteiger partial charge >= 0.3 is 0 Å². The monoisotopic (exact) mass is 352 g/mol. The summed E-state index contributed by atoms with van der Waals surface area (Å²) in [5.41, 5.74) is 4.22. The molecule has 0 amide bonds. The summed E-state index contributed by atoms with van der Waals surface area (Å²) < 4.78 is 0. The Labute approximate surface area is 155 Å². The summed E-state index contributed by atoms with van der Waals surface area (Å²) in [6.07, 6.45) is 2.54. The van der Waals surface area contributed by atoms with Crippen molar-refractivity contribution in [3.63, 3.8) is 0 Å². The van der Waals surface area contributed by atoms with Crippen molar-refractivity contribution in [1.29, 1.82) is 0 Å². The number of nitrogens with one attached hydrogen (secondary N) is 1. The lowest BCUT2D eigenvalue weighted by Gasteiger charge is -2.32. The fraction of sp³-hybridized carbons (Fsp3) is 0.409. The summed E-state index contributed by atoms with van der Waals surface area (Å²) in [7, 11) is 0. The number of aliphatic hydroxyl groups excluding tert-OH is 1. The molecule has 0 atom stereocenters. The van der Waals surface area contributed by atoms with Gasteiger partial charge in [0.1, 0.15) is 0 Å². The van der Waals surface area contributed by atoms with E-state index in [1.807, 2.05) is 43.3 Å². The van der Waals surface area contributed by atoms with Crippen LogP contribution in [0.15, 0.2) is 48.5 Å². The maximum atomic E-state index is 12.3. The SMILES string of the molecule is Cc1ccc(NC2CCN(CC(=O)Cc3ccccc3)CC2)c(CO)c1. The summed E-state index contributed by atoms with van der Waals surface area (Å²) in [5.74, 6) is 0.281. The number of benzene rings is 2. The molecule has 1 saturated heterocycles. The zero-order valence-electron chi connectivity index (χ0n) is 15.4. The Morgan fingerprint density at radius 2 is 1.88 bits per heavy atom. The lowest BCUT2D eigenvalue weighted by Crippen LogP contribution is -2.41. The number of aryl methyl sites for hydroxylation is 1. The first-order valence-corrected chi connectivity index (χ1v) is 9.39. The Bertz CT molecular complexity index is 722. The molecule has 1 fully saturated rings. The number of likely N-dealkylation sites (tertiary alicyclic amines) is 1. The standard InChI is InChI=1S/C22H28N2O2/c1-17-7-8-22(19(13-17)16-25)23-20-9-11-24(12-10-20)15-21(26)14-18-5-3-2-4-6-18/h2-8,13,20,23,25H,9-12,14-16H2,1H3. The molecule has 3 rings (SSSR count). The minimum atomic E-state index is 0.0524. The van der Waals surface area contributed by atoms with Gasteiger partial charge < -0.3 is 10.4 Å². The van der Waals surface area contributed by atoms with E-state index < -0.39 is 0 Å². The molecule has 26 heavy (non-hydrogen) atoms. The van der Waals surface area contributed by atoms with Crippen LogP contribution in [-0.2, 0) is 17.8 Å². The lowest BCUT2D eigenvalue weighted by molar-refractivity contribution is -0.119. The highest BCUT2D eigenvalue weighted by atomic mass is 16.3. The van der Waals surface area contributed by atoms with E-state index >= 15 is 0 Å². The third-order valence-electron chi connectivity index (χ3n) is 5.02. The van der Waals surface area contributed by atoms with Crippen molar-refractivity contribution in [3.8, 4) is 0 Å². The Morgan fingerprint density at radius 1 is 1.15 bits per heavy atom. The molecular weight excluding hydrogens is 324 g/mol. The Kier molecular flexibility index (Phi) is 6.42. The molecule has 0 radical (unpaired) electrons. The van der Waals surface area contributed by atoms with Crippen LogP contribution in [0.5, 0.6) is 0 Å². The van der Waals surface area contributed by atoms with Gasteiger partial charge in [-0.2, -0.15) is 0 Å². The number of hydrogen-bond acceptors (Lipinski definition) is 4. The molecule has 2 aromatic carbocycles. The highest BCUT2D eigenvalue weighted by Crippen LogP contribution is 2.22. The van der Waals surface area contributed by atoms with Gasteiger partial charge in [-0.25, -0.2) is 0 Å². The van der Waals surface area contributed by atoms with E-state index in [-0.39, 0.29) is 12.4 Å². The van der Waals surface area contributed by atoms with Crippen molar-refractivity contribution < 1.29 is 9.90 Å². The molecule has 0 spiro atoms. The fourth-order valence-electron chi connectivity index (χ4n) is 3.58. The number of ketones is 1. The summed E-state index contributed by atoms with van der Waals surface area (Å²) in [5, 5.41) is 13.1. The second-order valence-corrected chi connectivity index (χ2v) is 7.21. The maximum absolute atomic E-state index is 12.3. The number of carbonyl (C=O) groups excluding carboxylic acids is 1. The number of hydrogen-bond donors (Lipinski definition) is 2. The van der Waals surface area contributed by atoms with Gasteiger partial charge in [0.15, 0.2) is 5.78 Å². The van der Waals surface area contributed by atoms with Crippen molar-refractivity contribution in [2.45, 2.75) is 38.8 Å². The van der Waals surface area contributed by atoms with Gasteiger partial charge in [0.25, 0.3) is 0 Å². The van der Waals surface area contributed by atoms with Crippen LogP contribution in [0.4, 0.5) is 5.69 Å². The van der Waals surface area contributed by atoms with Crippen molar-refractivity contribution in [2.75, 3.05) is 25.0 Å². The number of carbonyl (C=O) groups is 1. The van der Waals surface area contributed by atoms with E-state index in [2.05, 4.69) is 22.3 Å². The minimum Gasteiger partial charge on any atom is -0.392 e. The molecule has 0 aliphatic carbocycles. The van der Waals surface area contributed by atoms with Gasteiger partial charge in [-0.1, -0.05) is 48.0 Å². The summed E-state index contributed by atoms with van der Waals surface area (Å²) in [6, 6.07) is 16.5. The smallest absolute Gasteiger partial charge is 0.151 e. The van der Waals surface area contributed by atoms with E-state index in [1.165, 1.54) is 0 Å². The number of aliphatic hydroxyl groups is 1. The quantitative estimate of drug-likeness (QED) is 0.804. The molecule has 0 aromatic heterocycles. The highest BCUT2D eigenvalue weighted by Gasteiger charge is 2.21. The Hall–Kier alpha value is -2.17. The third-order valence-corrected chi connectivity index (χ3v) is 5.02. The fourth-order valence-corrected chi connectivity index (χ4v) is 3.58. The molecular formula is C22H28N2O2. The van der Waals surface area contributed by atoms with Gasteiger partial charge in [0.2, 0.25) is 0 Å². The van der Waals surface area contributed by atoms with Crippen LogP contribution < -0.4 is 5.32 Å². The van der Waals surface area contributed by atoms with Crippen LogP contribution in [0, 0.1) is 6.92 Å². The maximum Gasteiger partial charge on any atom is 0.151 e. The highest BCUT2D eigenvalue weighted by molar-refractivity contribution is 5.82. The number of nitrogens with zero attached hydrogens (tertiary/aromatic N) is 1. The van der Waals surface area contributed by atoms with Crippen LogP contribution in [0.2, 0.25) is 0 Å². The molecule has 4 nitrogen and oxygen atoms in total. The number of piperidine rings is 1. The van der Waals surface area contributed by atoms with Gasteiger partial charge in [-0.05, 0) is 31.4 Å². The second kappa shape index (κ2) is 8.97. The zero-order valence-corrected chi connectivity index (χ0v) is 15.4. The molecule has 0 saturated carbocycles.